The van der Waals surface area contributed by atoms with Crippen molar-refractivity contribution in [3.8, 4) is 0 Å². The number of halogens is 1. The number of β-lactam (4-membered cyclic amide) rings is 1. The lowest BCUT2D eigenvalue weighted by Crippen LogP contribution is -2.57. The summed E-state index contributed by atoms with van der Waals surface area (Å²) >= 11 is 0. The Kier molecular flexibility index (Phi) is 9.16. The number of hydrogen-bond acceptors (Lipinski definition) is 6. The standard InChI is InChI=1S/C33H38FNO6/c1-2-27-30(37)32(39)31(38)28(41-27)19-10-20-8-11-22(12-9-20)29-25(33(40)35(29)24-6-4-3-5-7-24)17-18-26(36)21-13-15-23(34)16-14-21/h3-9,11-16,25-32,36-39H,2,10,17-19H2,1H3/t25-,26+,27-,28+,29-,30-,31+,32+/m1/s1. The summed E-state index contributed by atoms with van der Waals surface area (Å²) in [5.74, 6) is -0.659. The first-order valence-electron chi connectivity index (χ1n) is 14.4. The van der Waals surface area contributed by atoms with Gasteiger partial charge in [-0.15, -0.1) is 0 Å². The van der Waals surface area contributed by atoms with Crippen LogP contribution in [-0.4, -0.2) is 56.9 Å². The molecule has 0 unspecified atom stereocenters. The molecule has 0 saturated carbocycles. The van der Waals surface area contributed by atoms with E-state index in [0.29, 0.717) is 37.7 Å². The molecule has 1 amide bonds. The van der Waals surface area contributed by atoms with Crippen LogP contribution in [0, 0.1) is 11.7 Å². The molecule has 0 spiro atoms. The van der Waals surface area contributed by atoms with Crippen LogP contribution in [0.1, 0.15) is 61.4 Å². The van der Waals surface area contributed by atoms with Crippen molar-refractivity contribution in [3.63, 3.8) is 0 Å². The summed E-state index contributed by atoms with van der Waals surface area (Å²) in [7, 11) is 0. The molecule has 2 fully saturated rings. The Balaban J connectivity index is 1.27. The van der Waals surface area contributed by atoms with Crippen LogP contribution < -0.4 is 4.90 Å². The molecular weight excluding hydrogens is 525 g/mol. The summed E-state index contributed by atoms with van der Waals surface area (Å²) in [6.45, 7) is 1.87. The summed E-state index contributed by atoms with van der Waals surface area (Å²) in [5, 5.41) is 41.4. The quantitative estimate of drug-likeness (QED) is 0.275. The fourth-order valence-electron chi connectivity index (χ4n) is 6.07. The van der Waals surface area contributed by atoms with Gasteiger partial charge in [-0.3, -0.25) is 4.79 Å². The minimum Gasteiger partial charge on any atom is -0.388 e. The van der Waals surface area contributed by atoms with Crippen LogP contribution in [0.15, 0.2) is 78.9 Å². The Bertz CT molecular complexity index is 1290. The van der Waals surface area contributed by atoms with Crippen LogP contribution in [0.4, 0.5) is 10.1 Å². The van der Waals surface area contributed by atoms with Gasteiger partial charge in [0.2, 0.25) is 5.91 Å². The third-order valence-corrected chi connectivity index (χ3v) is 8.51. The molecule has 2 aliphatic rings. The molecule has 0 bridgehead atoms. The Morgan fingerprint density at radius 1 is 0.854 bits per heavy atom. The smallest absolute Gasteiger partial charge is 0.233 e. The maximum absolute atomic E-state index is 13.3. The van der Waals surface area contributed by atoms with Gasteiger partial charge in [-0.1, -0.05) is 61.5 Å². The van der Waals surface area contributed by atoms with Crippen LogP contribution in [0.2, 0.25) is 0 Å². The zero-order valence-corrected chi connectivity index (χ0v) is 23.1. The lowest BCUT2D eigenvalue weighted by Gasteiger charge is -2.48. The summed E-state index contributed by atoms with van der Waals surface area (Å²) in [6, 6.07) is 23.1. The molecule has 2 saturated heterocycles. The van der Waals surface area contributed by atoms with Crippen molar-refractivity contribution in [1.29, 1.82) is 0 Å². The molecule has 2 heterocycles. The first-order valence-corrected chi connectivity index (χ1v) is 14.4. The van der Waals surface area contributed by atoms with Crippen LogP contribution >= 0.6 is 0 Å². The molecule has 0 aromatic heterocycles. The van der Waals surface area contributed by atoms with Crippen molar-refractivity contribution < 1.29 is 34.3 Å². The van der Waals surface area contributed by atoms with Gasteiger partial charge >= 0.3 is 0 Å². The van der Waals surface area contributed by atoms with Crippen LogP contribution in [0.5, 0.6) is 0 Å². The minimum atomic E-state index is -1.24. The highest BCUT2D eigenvalue weighted by Gasteiger charge is 2.48. The van der Waals surface area contributed by atoms with Gasteiger partial charge in [0.15, 0.2) is 0 Å². The number of amides is 1. The molecule has 8 atom stereocenters. The van der Waals surface area contributed by atoms with E-state index in [2.05, 4.69) is 0 Å². The molecule has 3 aromatic rings. The van der Waals surface area contributed by atoms with Crippen LogP contribution in [-0.2, 0) is 16.0 Å². The second-order valence-electron chi connectivity index (χ2n) is 11.1. The summed E-state index contributed by atoms with van der Waals surface area (Å²) in [6.07, 6.45) is -2.88. The summed E-state index contributed by atoms with van der Waals surface area (Å²) in [5.41, 5.74) is 3.45. The van der Waals surface area contributed by atoms with Gasteiger partial charge in [0, 0.05) is 5.69 Å². The third-order valence-electron chi connectivity index (χ3n) is 8.51. The lowest BCUT2D eigenvalue weighted by atomic mass is 9.78. The Labute approximate surface area is 239 Å². The molecule has 0 radical (unpaired) electrons. The number of hydrogen-bond donors (Lipinski definition) is 4. The Morgan fingerprint density at radius 3 is 2.17 bits per heavy atom. The van der Waals surface area contributed by atoms with Crippen LogP contribution in [0.25, 0.3) is 0 Å². The van der Waals surface area contributed by atoms with Crippen molar-refractivity contribution in [1.82, 2.24) is 0 Å². The SMILES string of the molecule is CC[C@H]1O[C@@H](CCc2ccc([C@@H]3[C@@H](CC[C@H](O)c4ccc(F)cc4)C(=O)N3c3ccccc3)cc2)[C@H](O)[C@@H](O)[C@@H]1O. The number of anilines is 1. The zero-order valence-electron chi connectivity index (χ0n) is 23.1. The van der Waals surface area contributed by atoms with Gasteiger partial charge < -0.3 is 30.1 Å². The van der Waals surface area contributed by atoms with Gasteiger partial charge in [-0.05, 0) is 73.1 Å². The Hall–Kier alpha value is -3.14. The van der Waals surface area contributed by atoms with E-state index in [1.54, 1.807) is 17.0 Å². The van der Waals surface area contributed by atoms with E-state index in [-0.39, 0.29) is 23.7 Å². The monoisotopic (exact) mass is 563 g/mol. The molecule has 2 aliphatic heterocycles. The molecule has 41 heavy (non-hydrogen) atoms. The number of para-hydroxylation sites is 1. The van der Waals surface area contributed by atoms with Gasteiger partial charge in [0.1, 0.15) is 24.1 Å². The topological polar surface area (TPSA) is 110 Å². The number of rotatable bonds is 10. The van der Waals surface area contributed by atoms with Crippen molar-refractivity contribution in [2.45, 2.75) is 81.7 Å². The molecular formula is C33H38FNO6. The van der Waals surface area contributed by atoms with Crippen molar-refractivity contribution in [2.75, 3.05) is 4.90 Å². The molecule has 0 aliphatic carbocycles. The average Bonchev–Trinajstić information content (AvgIpc) is 2.99. The normalized spacial score (nSPS) is 28.8. The van der Waals surface area contributed by atoms with Gasteiger partial charge in [0.25, 0.3) is 0 Å². The number of aliphatic hydroxyl groups excluding tert-OH is 4. The van der Waals surface area contributed by atoms with E-state index in [1.807, 2.05) is 61.5 Å². The van der Waals surface area contributed by atoms with Crippen molar-refractivity contribution in [3.05, 3.63) is 101 Å². The summed E-state index contributed by atoms with van der Waals surface area (Å²) in [4.78, 5) is 15.1. The fraction of sp³-hybridized carbons (Fsp3) is 0.424. The van der Waals surface area contributed by atoms with E-state index in [4.69, 9.17) is 4.74 Å². The third kappa shape index (κ3) is 6.22. The van der Waals surface area contributed by atoms with Gasteiger partial charge in [-0.25, -0.2) is 4.39 Å². The molecule has 5 rings (SSSR count). The predicted molar refractivity (Wildman–Crippen MR) is 152 cm³/mol. The zero-order chi connectivity index (χ0) is 29.1. The lowest BCUT2D eigenvalue weighted by molar-refractivity contribution is -0.223. The number of nitrogens with zero attached hydrogens (tertiary/aromatic N) is 1. The average molecular weight is 564 g/mol. The fourth-order valence-corrected chi connectivity index (χ4v) is 6.07. The second-order valence-corrected chi connectivity index (χ2v) is 11.1. The number of ether oxygens (including phenoxy) is 1. The van der Waals surface area contributed by atoms with Crippen molar-refractivity contribution >= 4 is 11.6 Å². The molecule has 3 aromatic carbocycles. The van der Waals surface area contributed by atoms with E-state index < -0.39 is 36.6 Å². The first kappa shape index (κ1) is 29.4. The van der Waals surface area contributed by atoms with E-state index in [0.717, 1.165) is 16.8 Å². The molecule has 8 heteroatoms. The summed E-state index contributed by atoms with van der Waals surface area (Å²) < 4.78 is 19.2. The van der Waals surface area contributed by atoms with E-state index in [1.165, 1.54) is 12.1 Å². The van der Waals surface area contributed by atoms with Gasteiger partial charge in [-0.2, -0.15) is 0 Å². The minimum absolute atomic E-state index is 0.00578. The van der Waals surface area contributed by atoms with Crippen molar-refractivity contribution in [2.24, 2.45) is 5.92 Å². The maximum Gasteiger partial charge on any atom is 0.233 e. The number of aryl methyl sites for hydroxylation is 1. The molecule has 4 N–H and O–H groups in total. The number of benzene rings is 3. The molecule has 218 valence electrons. The molecule has 7 nitrogen and oxygen atoms in total. The number of carbonyl (C=O) groups is 1. The largest absolute Gasteiger partial charge is 0.388 e. The van der Waals surface area contributed by atoms with Crippen LogP contribution in [0.3, 0.4) is 0 Å². The van der Waals surface area contributed by atoms with Gasteiger partial charge in [0.05, 0.1) is 30.3 Å². The van der Waals surface area contributed by atoms with E-state index in [9.17, 15) is 29.6 Å². The highest BCUT2D eigenvalue weighted by atomic mass is 19.1. The number of carbonyl (C=O) groups excluding carboxylic acids is 1. The maximum atomic E-state index is 13.3. The highest BCUT2D eigenvalue weighted by Crippen LogP contribution is 2.46. The highest BCUT2D eigenvalue weighted by molar-refractivity contribution is 6.03. The predicted octanol–water partition coefficient (Wildman–Crippen LogP) is 4.24. The second kappa shape index (κ2) is 12.8. The Morgan fingerprint density at radius 2 is 1.51 bits per heavy atom. The number of aliphatic hydroxyl groups is 4. The first-order chi connectivity index (χ1) is 19.8. The van der Waals surface area contributed by atoms with E-state index >= 15 is 0 Å².